The summed E-state index contributed by atoms with van der Waals surface area (Å²) < 4.78 is 4.58. The van der Waals surface area contributed by atoms with Crippen molar-refractivity contribution in [2.24, 2.45) is 0 Å². The molecule has 1 aliphatic heterocycles. The predicted molar refractivity (Wildman–Crippen MR) is 103 cm³/mol. The van der Waals surface area contributed by atoms with Crippen molar-refractivity contribution in [3.63, 3.8) is 0 Å². The summed E-state index contributed by atoms with van der Waals surface area (Å²) in [7, 11) is 1.32. The first-order valence-corrected chi connectivity index (χ1v) is 9.51. The molecule has 2 rings (SSSR count). The highest BCUT2D eigenvalue weighted by molar-refractivity contribution is 5.82. The summed E-state index contributed by atoms with van der Waals surface area (Å²) in [6.07, 6.45) is 1.40. The molecular weight excluding hydrogens is 344 g/mol. The Hall–Kier alpha value is -2.37. The van der Waals surface area contributed by atoms with E-state index in [2.05, 4.69) is 30.7 Å². The molecule has 1 heterocycles. The van der Waals surface area contributed by atoms with Crippen molar-refractivity contribution in [1.82, 2.24) is 9.80 Å². The molecule has 1 fully saturated rings. The van der Waals surface area contributed by atoms with Crippen LogP contribution in [-0.2, 0) is 25.5 Å². The summed E-state index contributed by atoms with van der Waals surface area (Å²) in [5, 5.41) is 0. The highest BCUT2D eigenvalue weighted by atomic mass is 16.5. The minimum absolute atomic E-state index is 0.0558. The van der Waals surface area contributed by atoms with Crippen LogP contribution in [0.25, 0.3) is 0 Å². The first-order valence-electron chi connectivity index (χ1n) is 9.51. The molecule has 1 saturated heterocycles. The smallest absolute Gasteiger partial charge is 0.306 e. The minimum atomic E-state index is -0.376. The fourth-order valence-electron chi connectivity index (χ4n) is 3.37. The van der Waals surface area contributed by atoms with Gasteiger partial charge in [-0.15, -0.1) is 0 Å². The van der Waals surface area contributed by atoms with Gasteiger partial charge in [0.1, 0.15) is 0 Å². The number of carbonyl (C=O) groups excluding carboxylic acids is 3. The van der Waals surface area contributed by atoms with Gasteiger partial charge in [-0.25, -0.2) is 0 Å². The molecule has 6 nitrogen and oxygen atoms in total. The number of hydrogen-bond donors (Lipinski definition) is 0. The topological polar surface area (TPSA) is 66.9 Å². The van der Waals surface area contributed by atoms with Crippen LogP contribution < -0.4 is 0 Å². The third-order valence-corrected chi connectivity index (χ3v) is 5.27. The molecule has 1 aliphatic rings. The molecular formula is C21H30N2O4. The molecule has 1 aromatic carbocycles. The second-order valence-corrected chi connectivity index (χ2v) is 7.23. The van der Waals surface area contributed by atoms with E-state index in [0.29, 0.717) is 32.6 Å². The number of amides is 2. The van der Waals surface area contributed by atoms with E-state index in [-0.39, 0.29) is 30.6 Å². The van der Waals surface area contributed by atoms with E-state index in [4.69, 9.17) is 0 Å². The van der Waals surface area contributed by atoms with Crippen LogP contribution in [0.15, 0.2) is 12.1 Å². The second-order valence-electron chi connectivity index (χ2n) is 7.23. The summed E-state index contributed by atoms with van der Waals surface area (Å²) in [6, 6.07) is 4.23. The maximum Gasteiger partial charge on any atom is 0.306 e. The van der Waals surface area contributed by atoms with E-state index in [1.165, 1.54) is 18.2 Å². The summed E-state index contributed by atoms with van der Waals surface area (Å²) in [4.78, 5) is 39.8. The molecule has 0 unspecified atom stereocenters. The maximum atomic E-state index is 12.8. The molecule has 0 aromatic heterocycles. The predicted octanol–water partition coefficient (Wildman–Crippen LogP) is 2.17. The first-order chi connectivity index (χ1) is 12.8. The SMILES string of the molecule is COC(=O)CCC(=O)N1CCCN(C(=O)Cc2cc(C)c(C)cc2C)CC1. The van der Waals surface area contributed by atoms with E-state index in [1.807, 2.05) is 11.8 Å². The van der Waals surface area contributed by atoms with Gasteiger partial charge in [-0.05, 0) is 49.4 Å². The van der Waals surface area contributed by atoms with Gasteiger partial charge in [0.05, 0.1) is 20.0 Å². The zero-order valence-electron chi connectivity index (χ0n) is 16.8. The molecule has 148 valence electrons. The van der Waals surface area contributed by atoms with Crippen molar-refractivity contribution in [3.8, 4) is 0 Å². The number of benzene rings is 1. The Labute approximate surface area is 161 Å². The van der Waals surface area contributed by atoms with Crippen molar-refractivity contribution in [2.75, 3.05) is 33.3 Å². The van der Waals surface area contributed by atoms with Gasteiger partial charge in [-0.2, -0.15) is 0 Å². The molecule has 0 bridgehead atoms. The molecule has 27 heavy (non-hydrogen) atoms. The molecule has 6 heteroatoms. The first kappa shape index (κ1) is 20.9. The van der Waals surface area contributed by atoms with Crippen LogP contribution in [0.4, 0.5) is 0 Å². The number of aryl methyl sites for hydroxylation is 3. The molecule has 0 atom stereocenters. The number of carbonyl (C=O) groups is 3. The standard InChI is InChI=1S/C21H30N2O4/c1-15-12-17(3)18(13-16(15)2)14-20(25)23-9-5-8-22(10-11-23)19(24)6-7-21(26)27-4/h12-13H,5-11,14H2,1-4H3. The lowest BCUT2D eigenvalue weighted by Gasteiger charge is -2.22. The largest absolute Gasteiger partial charge is 0.469 e. The number of ether oxygens (including phenoxy) is 1. The lowest BCUT2D eigenvalue weighted by Crippen LogP contribution is -2.38. The van der Waals surface area contributed by atoms with E-state index >= 15 is 0 Å². The van der Waals surface area contributed by atoms with Crippen molar-refractivity contribution >= 4 is 17.8 Å². The Balaban J connectivity index is 1.91. The molecule has 0 aliphatic carbocycles. The van der Waals surface area contributed by atoms with Gasteiger partial charge in [-0.1, -0.05) is 12.1 Å². The minimum Gasteiger partial charge on any atom is -0.469 e. The molecule has 0 radical (unpaired) electrons. The van der Waals surface area contributed by atoms with Crippen molar-refractivity contribution in [1.29, 1.82) is 0 Å². The van der Waals surface area contributed by atoms with Crippen molar-refractivity contribution in [3.05, 3.63) is 34.4 Å². The van der Waals surface area contributed by atoms with Gasteiger partial charge in [0.2, 0.25) is 11.8 Å². The van der Waals surface area contributed by atoms with E-state index < -0.39 is 0 Å². The van der Waals surface area contributed by atoms with Gasteiger partial charge in [-0.3, -0.25) is 14.4 Å². The monoisotopic (exact) mass is 374 g/mol. The van der Waals surface area contributed by atoms with Crippen LogP contribution in [0.5, 0.6) is 0 Å². The Morgan fingerprint density at radius 3 is 2.07 bits per heavy atom. The normalized spacial score (nSPS) is 14.7. The van der Waals surface area contributed by atoms with Gasteiger partial charge in [0.25, 0.3) is 0 Å². The summed E-state index contributed by atoms with van der Waals surface area (Å²) in [6.45, 7) is 8.50. The second kappa shape index (κ2) is 9.53. The van der Waals surface area contributed by atoms with Crippen LogP contribution in [-0.4, -0.2) is 60.9 Å². The fourth-order valence-corrected chi connectivity index (χ4v) is 3.37. The molecule has 2 amide bonds. The Morgan fingerprint density at radius 1 is 0.852 bits per heavy atom. The number of methoxy groups -OCH3 is 1. The summed E-state index contributed by atoms with van der Waals surface area (Å²) >= 11 is 0. The lowest BCUT2D eigenvalue weighted by atomic mass is 9.98. The lowest BCUT2D eigenvalue weighted by molar-refractivity contribution is -0.143. The number of esters is 1. The Kier molecular flexibility index (Phi) is 7.39. The molecule has 0 N–H and O–H groups in total. The maximum absolute atomic E-state index is 12.8. The molecule has 1 aromatic rings. The third kappa shape index (κ3) is 5.81. The highest BCUT2D eigenvalue weighted by Crippen LogP contribution is 2.17. The number of hydrogen-bond acceptors (Lipinski definition) is 4. The average Bonchev–Trinajstić information content (AvgIpc) is 2.90. The Morgan fingerprint density at radius 2 is 1.44 bits per heavy atom. The number of rotatable bonds is 5. The zero-order valence-corrected chi connectivity index (χ0v) is 16.8. The van der Waals surface area contributed by atoms with Crippen LogP contribution in [0.2, 0.25) is 0 Å². The van der Waals surface area contributed by atoms with Gasteiger partial charge in [0, 0.05) is 32.6 Å². The number of nitrogens with zero attached hydrogens (tertiary/aromatic N) is 2. The summed E-state index contributed by atoms with van der Waals surface area (Å²) in [5.74, 6) is -0.330. The Bertz CT molecular complexity index is 714. The average molecular weight is 374 g/mol. The fraction of sp³-hybridized carbons (Fsp3) is 0.571. The summed E-state index contributed by atoms with van der Waals surface area (Å²) in [5.41, 5.74) is 4.64. The van der Waals surface area contributed by atoms with E-state index in [9.17, 15) is 14.4 Å². The van der Waals surface area contributed by atoms with E-state index in [0.717, 1.165) is 17.5 Å². The van der Waals surface area contributed by atoms with Gasteiger partial charge in [0.15, 0.2) is 0 Å². The molecule has 0 spiro atoms. The van der Waals surface area contributed by atoms with Crippen molar-refractivity contribution < 1.29 is 19.1 Å². The van der Waals surface area contributed by atoms with Gasteiger partial charge >= 0.3 is 5.97 Å². The third-order valence-electron chi connectivity index (χ3n) is 5.27. The van der Waals surface area contributed by atoms with Crippen LogP contribution >= 0.6 is 0 Å². The zero-order chi connectivity index (χ0) is 20.0. The van der Waals surface area contributed by atoms with Crippen molar-refractivity contribution in [2.45, 2.75) is 46.5 Å². The van der Waals surface area contributed by atoms with Crippen LogP contribution in [0.1, 0.15) is 41.5 Å². The quantitative estimate of drug-likeness (QED) is 0.741. The van der Waals surface area contributed by atoms with E-state index in [1.54, 1.807) is 4.90 Å². The molecule has 0 saturated carbocycles. The van der Waals surface area contributed by atoms with Crippen LogP contribution in [0, 0.1) is 20.8 Å². The van der Waals surface area contributed by atoms with Crippen LogP contribution in [0.3, 0.4) is 0 Å². The van der Waals surface area contributed by atoms with Gasteiger partial charge < -0.3 is 14.5 Å². The highest BCUT2D eigenvalue weighted by Gasteiger charge is 2.23.